The van der Waals surface area contributed by atoms with Gasteiger partial charge in [-0.3, -0.25) is 0 Å². The van der Waals surface area contributed by atoms with Gasteiger partial charge in [0.25, 0.3) is 0 Å². The van der Waals surface area contributed by atoms with Gasteiger partial charge in [-0.1, -0.05) is 146 Å². The first kappa shape index (κ1) is 29.7. The first-order valence-corrected chi connectivity index (χ1v) is 17.3. The van der Waals surface area contributed by atoms with Gasteiger partial charge in [-0.25, -0.2) is 15.0 Å². The van der Waals surface area contributed by atoms with Crippen LogP contribution in [0.4, 0.5) is 0 Å². The molecule has 9 aromatic rings. The number of fused-ring (bicyclic) bond motifs is 7. The molecular weight excluding hydrogens is 637 g/mol. The first-order valence-electron chi connectivity index (χ1n) is 17.3. The largest absolute Gasteiger partial charge is 0.456 e. The van der Waals surface area contributed by atoms with E-state index in [9.17, 15) is 5.26 Å². The number of aromatic nitrogens is 3. The topological polar surface area (TPSA) is 75.6 Å². The number of benzene rings is 7. The Bertz CT molecular complexity index is 2800. The van der Waals surface area contributed by atoms with Crippen molar-refractivity contribution in [1.29, 1.82) is 5.26 Å². The summed E-state index contributed by atoms with van der Waals surface area (Å²) in [6.45, 7) is 0. The minimum Gasteiger partial charge on any atom is -0.456 e. The summed E-state index contributed by atoms with van der Waals surface area (Å²) in [5, 5.41) is 12.0. The zero-order valence-electron chi connectivity index (χ0n) is 27.9. The van der Waals surface area contributed by atoms with Gasteiger partial charge in [-0.15, -0.1) is 0 Å². The quantitative estimate of drug-likeness (QED) is 0.183. The molecule has 0 spiro atoms. The molecule has 1 atom stereocenters. The SMILES string of the molecule is N#Cc1cccc2oc3ccc4c(c3c12)-c1ccccc1C4(c1ccccc1)c1cccc(-c2nc(-c3ccccc3)nc(-c3ccccc3)n2)c1. The highest BCUT2D eigenvalue weighted by Crippen LogP contribution is 2.59. The molecule has 2 heterocycles. The van der Waals surface area contributed by atoms with Gasteiger partial charge in [0.1, 0.15) is 11.2 Å². The first-order chi connectivity index (χ1) is 25.7. The van der Waals surface area contributed by atoms with E-state index >= 15 is 0 Å². The Morgan fingerprint density at radius 1 is 0.462 bits per heavy atom. The highest BCUT2D eigenvalue weighted by Gasteiger charge is 2.47. The van der Waals surface area contributed by atoms with Crippen LogP contribution in [0, 0.1) is 11.3 Å². The number of hydrogen-bond donors (Lipinski definition) is 0. The maximum Gasteiger partial charge on any atom is 0.164 e. The fraction of sp³-hybridized carbons (Fsp3) is 0.0213. The summed E-state index contributed by atoms with van der Waals surface area (Å²) in [7, 11) is 0. The highest BCUT2D eigenvalue weighted by molar-refractivity contribution is 6.17. The highest BCUT2D eigenvalue weighted by atomic mass is 16.3. The molecule has 0 bridgehead atoms. The van der Waals surface area contributed by atoms with Crippen LogP contribution in [-0.2, 0) is 5.41 Å². The van der Waals surface area contributed by atoms with Crippen LogP contribution in [0.25, 0.3) is 67.2 Å². The normalized spacial score (nSPS) is 14.6. The fourth-order valence-corrected chi connectivity index (χ4v) is 8.07. The molecule has 2 aromatic heterocycles. The monoisotopic (exact) mass is 664 g/mol. The third kappa shape index (κ3) is 4.38. The number of nitriles is 1. The smallest absolute Gasteiger partial charge is 0.164 e. The Morgan fingerprint density at radius 2 is 1.02 bits per heavy atom. The molecular formula is C47H28N4O. The number of nitrogens with zero attached hydrogens (tertiary/aromatic N) is 4. The molecule has 1 unspecified atom stereocenters. The lowest BCUT2D eigenvalue weighted by Gasteiger charge is -2.34. The maximum absolute atomic E-state index is 10.2. The van der Waals surface area contributed by atoms with Crippen molar-refractivity contribution in [2.45, 2.75) is 5.41 Å². The van der Waals surface area contributed by atoms with Crippen LogP contribution in [0.5, 0.6) is 0 Å². The van der Waals surface area contributed by atoms with E-state index in [1.165, 1.54) is 0 Å². The molecule has 5 nitrogen and oxygen atoms in total. The number of furan rings is 1. The van der Waals surface area contributed by atoms with Crippen molar-refractivity contribution in [1.82, 2.24) is 15.0 Å². The molecule has 0 fully saturated rings. The van der Waals surface area contributed by atoms with Crippen LogP contribution in [-0.4, -0.2) is 15.0 Å². The Morgan fingerprint density at radius 3 is 1.71 bits per heavy atom. The predicted octanol–water partition coefficient (Wildman–Crippen LogP) is 11.0. The van der Waals surface area contributed by atoms with Crippen LogP contribution in [0.1, 0.15) is 27.8 Å². The molecule has 0 aliphatic heterocycles. The number of hydrogen-bond acceptors (Lipinski definition) is 5. The minimum absolute atomic E-state index is 0.596. The lowest BCUT2D eigenvalue weighted by atomic mass is 9.67. The number of rotatable bonds is 5. The van der Waals surface area contributed by atoms with Crippen LogP contribution < -0.4 is 0 Å². The molecule has 5 heteroatoms. The molecule has 52 heavy (non-hydrogen) atoms. The molecule has 0 N–H and O–H groups in total. The lowest BCUT2D eigenvalue weighted by Crippen LogP contribution is -2.28. The second-order valence-corrected chi connectivity index (χ2v) is 13.0. The van der Waals surface area contributed by atoms with Crippen LogP contribution in [0.2, 0.25) is 0 Å². The van der Waals surface area contributed by atoms with Crippen molar-refractivity contribution >= 4 is 21.9 Å². The summed E-state index contributed by atoms with van der Waals surface area (Å²) in [6.07, 6.45) is 0. The lowest BCUT2D eigenvalue weighted by molar-refractivity contribution is 0.668. The summed E-state index contributed by atoms with van der Waals surface area (Å²) in [5.41, 5.74) is 10.8. The van der Waals surface area contributed by atoms with Gasteiger partial charge in [0.15, 0.2) is 17.5 Å². The van der Waals surface area contributed by atoms with E-state index in [0.29, 0.717) is 28.6 Å². The van der Waals surface area contributed by atoms with E-state index in [4.69, 9.17) is 19.4 Å². The molecule has 0 saturated carbocycles. The summed E-state index contributed by atoms with van der Waals surface area (Å²) >= 11 is 0. The fourth-order valence-electron chi connectivity index (χ4n) is 8.07. The van der Waals surface area contributed by atoms with E-state index in [1.807, 2.05) is 78.9 Å². The Kier molecular flexibility index (Phi) is 6.70. The average molecular weight is 665 g/mol. The zero-order valence-corrected chi connectivity index (χ0v) is 27.9. The summed E-state index contributed by atoms with van der Waals surface area (Å²) in [6, 6.07) is 60.4. The molecule has 1 aliphatic carbocycles. The molecule has 1 aliphatic rings. The van der Waals surface area contributed by atoms with Gasteiger partial charge in [0.2, 0.25) is 0 Å². The van der Waals surface area contributed by atoms with Gasteiger partial charge in [-0.05, 0) is 57.6 Å². The second kappa shape index (κ2) is 11.7. The standard InChI is InChI=1S/C47H28N4O/c48-29-33-19-13-25-39-41(33)43-40(52-39)27-26-38-42(43)36-23-10-11-24-37(36)47(38,34-20-8-3-9-21-34)35-22-12-18-32(28-35)46-50-44(30-14-4-1-5-15-30)49-45(51-46)31-16-6-2-7-17-31/h1-28H. The molecule has 0 amide bonds. The van der Waals surface area contributed by atoms with E-state index in [-0.39, 0.29) is 0 Å². The van der Waals surface area contributed by atoms with Crippen molar-refractivity contribution in [2.75, 3.05) is 0 Å². The summed E-state index contributed by atoms with van der Waals surface area (Å²) in [5.74, 6) is 1.83. The summed E-state index contributed by atoms with van der Waals surface area (Å²) < 4.78 is 6.41. The Balaban J connectivity index is 1.27. The Labute approximate surface area is 300 Å². The van der Waals surface area contributed by atoms with Crippen molar-refractivity contribution in [3.8, 4) is 51.4 Å². The molecule has 0 radical (unpaired) electrons. The third-order valence-corrected chi connectivity index (χ3v) is 10.2. The van der Waals surface area contributed by atoms with Crippen molar-refractivity contribution in [3.05, 3.63) is 198 Å². The van der Waals surface area contributed by atoms with Gasteiger partial charge in [0.05, 0.1) is 17.0 Å². The van der Waals surface area contributed by atoms with E-state index in [2.05, 4.69) is 97.1 Å². The molecule has 242 valence electrons. The minimum atomic E-state index is -0.694. The van der Waals surface area contributed by atoms with Crippen molar-refractivity contribution < 1.29 is 4.42 Å². The molecule has 0 saturated heterocycles. The van der Waals surface area contributed by atoms with Gasteiger partial charge < -0.3 is 4.42 Å². The second-order valence-electron chi connectivity index (χ2n) is 13.0. The molecule has 10 rings (SSSR count). The van der Waals surface area contributed by atoms with Crippen LogP contribution in [0.15, 0.2) is 174 Å². The van der Waals surface area contributed by atoms with Gasteiger partial charge >= 0.3 is 0 Å². The van der Waals surface area contributed by atoms with Crippen molar-refractivity contribution in [2.24, 2.45) is 0 Å². The average Bonchev–Trinajstić information content (AvgIpc) is 3.76. The van der Waals surface area contributed by atoms with E-state index in [1.54, 1.807) is 0 Å². The third-order valence-electron chi connectivity index (χ3n) is 10.2. The van der Waals surface area contributed by atoms with Gasteiger partial charge in [-0.2, -0.15) is 5.26 Å². The Hall–Kier alpha value is -7.16. The van der Waals surface area contributed by atoms with E-state index < -0.39 is 5.41 Å². The predicted molar refractivity (Wildman–Crippen MR) is 205 cm³/mol. The van der Waals surface area contributed by atoms with Crippen LogP contribution >= 0.6 is 0 Å². The van der Waals surface area contributed by atoms with Gasteiger partial charge in [0, 0.05) is 27.5 Å². The van der Waals surface area contributed by atoms with Crippen molar-refractivity contribution in [3.63, 3.8) is 0 Å². The zero-order chi connectivity index (χ0) is 34.6. The molecule has 7 aromatic carbocycles. The van der Waals surface area contributed by atoms with Crippen LogP contribution in [0.3, 0.4) is 0 Å². The van der Waals surface area contributed by atoms with E-state index in [0.717, 1.165) is 66.4 Å². The maximum atomic E-state index is 10.2. The summed E-state index contributed by atoms with van der Waals surface area (Å²) in [4.78, 5) is 15.1.